The van der Waals surface area contributed by atoms with Gasteiger partial charge in [-0.25, -0.2) is 0 Å². The molecule has 0 fully saturated rings. The fraction of sp³-hybridized carbons (Fsp3) is 0.500. The van der Waals surface area contributed by atoms with E-state index < -0.39 is 0 Å². The average molecular weight is 204 g/mol. The molecular weight excluding hydrogens is 188 g/mol. The van der Waals surface area contributed by atoms with Gasteiger partial charge in [0.05, 0.1) is 0 Å². The summed E-state index contributed by atoms with van der Waals surface area (Å²) in [5.41, 5.74) is 2.17. The van der Waals surface area contributed by atoms with Gasteiger partial charge in [0.25, 0.3) is 0 Å². The lowest BCUT2D eigenvalue weighted by molar-refractivity contribution is -0.115. The van der Waals surface area contributed by atoms with Crippen LogP contribution >= 0.6 is 0 Å². The van der Waals surface area contributed by atoms with Gasteiger partial charge in [-0.15, -0.1) is 0 Å². The molecule has 80 valence electrons. The van der Waals surface area contributed by atoms with Crippen LogP contribution in [0.4, 0.5) is 0 Å². The highest BCUT2D eigenvalue weighted by Crippen LogP contribution is 2.20. The van der Waals surface area contributed by atoms with Crippen LogP contribution in [0, 0.1) is 0 Å². The van der Waals surface area contributed by atoms with Gasteiger partial charge in [0, 0.05) is 25.4 Å². The summed E-state index contributed by atoms with van der Waals surface area (Å²) in [6, 6.07) is 1.97. The lowest BCUT2D eigenvalue weighted by Crippen LogP contribution is -2.05. The van der Waals surface area contributed by atoms with E-state index in [4.69, 9.17) is 0 Å². The molecule has 0 bridgehead atoms. The van der Waals surface area contributed by atoms with Crippen molar-refractivity contribution in [3.05, 3.63) is 29.6 Å². The van der Waals surface area contributed by atoms with E-state index in [1.54, 1.807) is 6.20 Å². The Balaban J connectivity index is 1.88. The fourth-order valence-corrected chi connectivity index (χ4v) is 1.97. The molecule has 3 nitrogen and oxygen atoms in total. The Morgan fingerprint density at radius 3 is 3.07 bits per heavy atom. The summed E-state index contributed by atoms with van der Waals surface area (Å²) in [6.07, 6.45) is 8.47. The first-order valence-corrected chi connectivity index (χ1v) is 5.46. The minimum absolute atomic E-state index is 0.314. The van der Waals surface area contributed by atoms with Gasteiger partial charge < -0.3 is 0 Å². The number of Topliss-reactive ketones (excluding diaryl/α,β-unsaturated/α-hetero) is 1. The molecule has 1 aromatic rings. The van der Waals surface area contributed by atoms with E-state index >= 15 is 0 Å². The second-order valence-corrected chi connectivity index (χ2v) is 3.99. The van der Waals surface area contributed by atoms with Gasteiger partial charge in [-0.3, -0.25) is 9.48 Å². The van der Waals surface area contributed by atoms with Gasteiger partial charge in [0.2, 0.25) is 0 Å². The predicted molar refractivity (Wildman–Crippen MR) is 58.5 cm³/mol. The zero-order chi connectivity index (χ0) is 10.7. The summed E-state index contributed by atoms with van der Waals surface area (Å²) in [7, 11) is 1.91. The van der Waals surface area contributed by atoms with Crippen LogP contribution in [0.1, 0.15) is 31.4 Å². The van der Waals surface area contributed by atoms with Crippen LogP contribution in [0.5, 0.6) is 0 Å². The first kappa shape index (κ1) is 10.1. The van der Waals surface area contributed by atoms with Crippen molar-refractivity contribution in [1.29, 1.82) is 0 Å². The van der Waals surface area contributed by atoms with Crippen molar-refractivity contribution in [1.82, 2.24) is 9.78 Å². The molecular formula is C12H16N2O. The maximum Gasteiger partial charge on any atom is 0.158 e. The van der Waals surface area contributed by atoms with Gasteiger partial charge in [-0.2, -0.15) is 5.10 Å². The second-order valence-electron chi connectivity index (χ2n) is 3.99. The Hall–Kier alpha value is -1.38. The topological polar surface area (TPSA) is 34.9 Å². The number of allylic oxidation sites excluding steroid dienone is 2. The molecule has 0 saturated heterocycles. The lowest BCUT2D eigenvalue weighted by atomic mass is 10.1. The third-order valence-electron chi connectivity index (χ3n) is 2.93. The Morgan fingerprint density at radius 2 is 2.47 bits per heavy atom. The lowest BCUT2D eigenvalue weighted by Gasteiger charge is -2.02. The van der Waals surface area contributed by atoms with Crippen molar-refractivity contribution in [2.45, 2.75) is 32.1 Å². The van der Waals surface area contributed by atoms with E-state index in [-0.39, 0.29) is 0 Å². The van der Waals surface area contributed by atoms with Crippen LogP contribution in [0.3, 0.4) is 0 Å². The fourth-order valence-electron chi connectivity index (χ4n) is 1.97. The van der Waals surface area contributed by atoms with Crippen molar-refractivity contribution in [2.75, 3.05) is 0 Å². The van der Waals surface area contributed by atoms with E-state index in [9.17, 15) is 4.79 Å². The van der Waals surface area contributed by atoms with Crippen molar-refractivity contribution < 1.29 is 4.79 Å². The standard InChI is InChI=1S/C12H16N2O/c1-14-11(8-9-13-14)6-7-12(15)10-4-2-3-5-10/h4,8-9H,2-3,5-7H2,1H3. The molecule has 1 aliphatic rings. The number of nitrogens with zero attached hydrogens (tertiary/aromatic N) is 2. The van der Waals surface area contributed by atoms with Crippen LogP contribution in [-0.2, 0) is 18.3 Å². The summed E-state index contributed by atoms with van der Waals surface area (Å²) in [4.78, 5) is 11.8. The van der Waals surface area contributed by atoms with E-state index in [2.05, 4.69) is 11.2 Å². The third-order valence-corrected chi connectivity index (χ3v) is 2.93. The molecule has 0 saturated carbocycles. The monoisotopic (exact) mass is 204 g/mol. The van der Waals surface area contributed by atoms with E-state index in [0.717, 1.165) is 37.0 Å². The first-order chi connectivity index (χ1) is 7.27. The highest BCUT2D eigenvalue weighted by molar-refractivity contribution is 5.95. The van der Waals surface area contributed by atoms with Crippen molar-refractivity contribution in [3.8, 4) is 0 Å². The number of carbonyl (C=O) groups is 1. The third kappa shape index (κ3) is 2.35. The van der Waals surface area contributed by atoms with Crippen LogP contribution in [0.15, 0.2) is 23.9 Å². The molecule has 2 rings (SSSR count). The Kier molecular flexibility index (Phi) is 2.99. The van der Waals surface area contributed by atoms with Crippen molar-refractivity contribution >= 4 is 5.78 Å². The smallest absolute Gasteiger partial charge is 0.158 e. The summed E-state index contributed by atoms with van der Waals surface area (Å²) < 4.78 is 1.83. The van der Waals surface area contributed by atoms with Crippen LogP contribution in [0.2, 0.25) is 0 Å². The molecule has 0 aliphatic heterocycles. The van der Waals surface area contributed by atoms with E-state index in [1.165, 1.54) is 0 Å². The molecule has 3 heteroatoms. The number of hydrogen-bond acceptors (Lipinski definition) is 2. The molecule has 0 unspecified atom stereocenters. The maximum absolute atomic E-state index is 11.8. The van der Waals surface area contributed by atoms with Crippen LogP contribution in [-0.4, -0.2) is 15.6 Å². The summed E-state index contributed by atoms with van der Waals surface area (Å²) >= 11 is 0. The molecule has 0 spiro atoms. The van der Waals surface area contributed by atoms with E-state index in [0.29, 0.717) is 12.2 Å². The zero-order valence-electron chi connectivity index (χ0n) is 9.07. The molecule has 15 heavy (non-hydrogen) atoms. The minimum Gasteiger partial charge on any atom is -0.295 e. The Labute approximate surface area is 89.8 Å². The summed E-state index contributed by atoms with van der Waals surface area (Å²) in [5.74, 6) is 0.314. The van der Waals surface area contributed by atoms with Crippen LogP contribution < -0.4 is 0 Å². The number of aryl methyl sites for hydroxylation is 2. The molecule has 0 radical (unpaired) electrons. The Bertz CT molecular complexity index is 390. The Morgan fingerprint density at radius 1 is 1.60 bits per heavy atom. The van der Waals surface area contributed by atoms with Gasteiger partial charge >= 0.3 is 0 Å². The highest BCUT2D eigenvalue weighted by atomic mass is 16.1. The molecule has 1 aromatic heterocycles. The second kappa shape index (κ2) is 4.43. The van der Waals surface area contributed by atoms with Gasteiger partial charge in [-0.1, -0.05) is 6.08 Å². The van der Waals surface area contributed by atoms with Crippen molar-refractivity contribution in [3.63, 3.8) is 0 Å². The van der Waals surface area contributed by atoms with Crippen LogP contribution in [0.25, 0.3) is 0 Å². The molecule has 0 atom stereocenters. The molecule has 0 aromatic carbocycles. The molecule has 1 aliphatic carbocycles. The number of carbonyl (C=O) groups excluding carboxylic acids is 1. The van der Waals surface area contributed by atoms with E-state index in [1.807, 2.05) is 17.8 Å². The number of hydrogen-bond donors (Lipinski definition) is 0. The first-order valence-electron chi connectivity index (χ1n) is 5.46. The van der Waals surface area contributed by atoms with Gasteiger partial charge in [0.15, 0.2) is 5.78 Å². The maximum atomic E-state index is 11.8. The zero-order valence-corrected chi connectivity index (χ0v) is 9.07. The summed E-state index contributed by atoms with van der Waals surface area (Å²) in [5, 5.41) is 4.08. The molecule has 1 heterocycles. The molecule has 0 N–H and O–H groups in total. The van der Waals surface area contributed by atoms with Gasteiger partial charge in [0.1, 0.15) is 0 Å². The quantitative estimate of drug-likeness (QED) is 0.752. The number of rotatable bonds is 4. The van der Waals surface area contributed by atoms with Crippen molar-refractivity contribution in [2.24, 2.45) is 7.05 Å². The SMILES string of the molecule is Cn1nccc1CCC(=O)C1=CCCC1. The normalized spacial score (nSPS) is 15.4. The molecule has 0 amide bonds. The largest absolute Gasteiger partial charge is 0.295 e. The number of ketones is 1. The highest BCUT2D eigenvalue weighted by Gasteiger charge is 2.13. The summed E-state index contributed by atoms with van der Waals surface area (Å²) in [6.45, 7) is 0. The number of aromatic nitrogens is 2. The van der Waals surface area contributed by atoms with Gasteiger partial charge in [-0.05, 0) is 37.3 Å². The average Bonchev–Trinajstić information content (AvgIpc) is 2.85. The minimum atomic E-state index is 0.314. The predicted octanol–water partition coefficient (Wildman–Crippen LogP) is 2.03.